The van der Waals surface area contributed by atoms with Gasteiger partial charge in [0.2, 0.25) is 11.7 Å². The summed E-state index contributed by atoms with van der Waals surface area (Å²) in [5.41, 5.74) is 0.301. The molecule has 2 rings (SSSR count). The molecule has 20 heavy (non-hydrogen) atoms. The Balaban J connectivity index is 2.12. The minimum absolute atomic E-state index is 0.000451. The highest BCUT2D eigenvalue weighted by Gasteiger charge is 2.14. The summed E-state index contributed by atoms with van der Waals surface area (Å²) in [6.45, 7) is 3.89. The van der Waals surface area contributed by atoms with Gasteiger partial charge in [0.1, 0.15) is 5.78 Å². The maximum absolute atomic E-state index is 13.1. The molecule has 4 nitrogen and oxygen atoms in total. The lowest BCUT2D eigenvalue weighted by Crippen LogP contribution is -2.06. The number of Topliss-reactive ketones (excluding diaryl/α,β-unsaturated/α-hetero) is 1. The Morgan fingerprint density at radius 3 is 2.70 bits per heavy atom. The molecule has 1 aromatic heterocycles. The Kier molecular flexibility index (Phi) is 4.22. The van der Waals surface area contributed by atoms with Crippen LogP contribution in [0.1, 0.15) is 26.2 Å². The van der Waals surface area contributed by atoms with Gasteiger partial charge >= 0.3 is 0 Å². The second-order valence-electron chi connectivity index (χ2n) is 4.95. The van der Waals surface area contributed by atoms with Crippen LogP contribution in [-0.2, 0) is 11.2 Å². The molecule has 0 aliphatic carbocycles. The van der Waals surface area contributed by atoms with Crippen LogP contribution < -0.4 is 0 Å². The van der Waals surface area contributed by atoms with E-state index in [0.29, 0.717) is 12.0 Å². The number of nitrogens with zero attached hydrogens (tertiary/aromatic N) is 2. The van der Waals surface area contributed by atoms with Crippen molar-refractivity contribution >= 4 is 5.78 Å². The van der Waals surface area contributed by atoms with E-state index >= 15 is 0 Å². The van der Waals surface area contributed by atoms with Crippen molar-refractivity contribution in [1.29, 1.82) is 0 Å². The van der Waals surface area contributed by atoms with Crippen LogP contribution in [0.15, 0.2) is 22.7 Å². The Hall–Kier alpha value is -2.11. The maximum atomic E-state index is 13.1. The third kappa shape index (κ3) is 3.46. The fraction of sp³-hybridized carbons (Fsp3) is 0.357. The van der Waals surface area contributed by atoms with Crippen molar-refractivity contribution in [3.8, 4) is 11.4 Å². The zero-order valence-corrected chi connectivity index (χ0v) is 11.2. The zero-order valence-electron chi connectivity index (χ0n) is 11.2. The number of carbonyl (C=O) groups excluding carboxylic acids is 1. The van der Waals surface area contributed by atoms with E-state index < -0.39 is 11.6 Å². The Morgan fingerprint density at radius 1 is 1.30 bits per heavy atom. The maximum Gasteiger partial charge on any atom is 0.234 e. The molecular formula is C14H14F2N2O2. The van der Waals surface area contributed by atoms with Crippen LogP contribution in [0.4, 0.5) is 8.78 Å². The molecule has 1 aromatic carbocycles. The molecule has 0 spiro atoms. The molecule has 0 amide bonds. The lowest BCUT2D eigenvalue weighted by molar-refractivity contribution is -0.119. The number of hydrogen-bond donors (Lipinski definition) is 0. The van der Waals surface area contributed by atoms with E-state index in [1.807, 2.05) is 13.8 Å². The highest BCUT2D eigenvalue weighted by molar-refractivity contribution is 5.80. The first-order valence-electron chi connectivity index (χ1n) is 6.25. The molecule has 0 fully saturated rings. The quantitative estimate of drug-likeness (QED) is 0.844. The van der Waals surface area contributed by atoms with Crippen LogP contribution >= 0.6 is 0 Å². The third-order valence-corrected chi connectivity index (χ3v) is 2.63. The summed E-state index contributed by atoms with van der Waals surface area (Å²) in [6, 6.07) is 3.33. The van der Waals surface area contributed by atoms with Crippen molar-refractivity contribution in [2.45, 2.75) is 26.7 Å². The van der Waals surface area contributed by atoms with Gasteiger partial charge in [-0.3, -0.25) is 4.79 Å². The second kappa shape index (κ2) is 5.90. The Bertz CT molecular complexity index is 623. The molecular weight excluding hydrogens is 266 g/mol. The summed E-state index contributed by atoms with van der Waals surface area (Å²) < 4.78 is 30.9. The topological polar surface area (TPSA) is 56.0 Å². The highest BCUT2D eigenvalue weighted by Crippen LogP contribution is 2.19. The van der Waals surface area contributed by atoms with Gasteiger partial charge in [-0.05, 0) is 24.1 Å². The molecule has 0 N–H and O–H groups in total. The SMILES string of the molecule is CC(C)CC(=O)Cc1nc(-c2ccc(F)c(F)c2)no1. The van der Waals surface area contributed by atoms with Gasteiger partial charge in [-0.1, -0.05) is 19.0 Å². The van der Waals surface area contributed by atoms with Gasteiger partial charge < -0.3 is 4.52 Å². The molecule has 2 aromatic rings. The minimum Gasteiger partial charge on any atom is -0.339 e. The van der Waals surface area contributed by atoms with Crippen molar-refractivity contribution < 1.29 is 18.1 Å². The van der Waals surface area contributed by atoms with E-state index in [1.165, 1.54) is 6.07 Å². The summed E-state index contributed by atoms with van der Waals surface area (Å²) in [7, 11) is 0. The number of carbonyl (C=O) groups is 1. The standard InChI is InChI=1S/C14H14F2N2O2/c1-8(2)5-10(19)7-13-17-14(18-20-13)9-3-4-11(15)12(16)6-9/h3-4,6,8H,5,7H2,1-2H3. The van der Waals surface area contributed by atoms with E-state index in [1.54, 1.807) is 0 Å². The first-order valence-corrected chi connectivity index (χ1v) is 6.25. The first kappa shape index (κ1) is 14.3. The van der Waals surface area contributed by atoms with Gasteiger partial charge in [0.05, 0.1) is 6.42 Å². The van der Waals surface area contributed by atoms with Crippen LogP contribution in [0, 0.1) is 17.6 Å². The average Bonchev–Trinajstić information content (AvgIpc) is 2.80. The Labute approximate surface area is 114 Å². The van der Waals surface area contributed by atoms with Crippen LogP contribution in [0.25, 0.3) is 11.4 Å². The average molecular weight is 280 g/mol. The molecule has 0 radical (unpaired) electrons. The van der Waals surface area contributed by atoms with Crippen LogP contribution in [0.5, 0.6) is 0 Å². The monoisotopic (exact) mass is 280 g/mol. The summed E-state index contributed by atoms with van der Waals surface area (Å²) in [6.07, 6.45) is 0.484. The third-order valence-electron chi connectivity index (χ3n) is 2.63. The Morgan fingerprint density at radius 2 is 2.05 bits per heavy atom. The number of aromatic nitrogens is 2. The van der Waals surface area contributed by atoms with Crippen LogP contribution in [0.3, 0.4) is 0 Å². The van der Waals surface area contributed by atoms with Gasteiger partial charge in [0, 0.05) is 12.0 Å². The molecule has 0 atom stereocenters. The highest BCUT2D eigenvalue weighted by atomic mass is 19.2. The largest absolute Gasteiger partial charge is 0.339 e. The number of hydrogen-bond acceptors (Lipinski definition) is 4. The second-order valence-corrected chi connectivity index (χ2v) is 4.95. The molecule has 0 aliphatic rings. The van der Waals surface area contributed by atoms with Crippen molar-refractivity contribution in [3.63, 3.8) is 0 Å². The fourth-order valence-electron chi connectivity index (χ4n) is 1.78. The number of ketones is 1. The van der Waals surface area contributed by atoms with E-state index in [2.05, 4.69) is 10.1 Å². The van der Waals surface area contributed by atoms with E-state index in [0.717, 1.165) is 12.1 Å². The van der Waals surface area contributed by atoms with Gasteiger partial charge in [-0.2, -0.15) is 4.98 Å². The van der Waals surface area contributed by atoms with E-state index in [9.17, 15) is 13.6 Å². The fourth-order valence-corrected chi connectivity index (χ4v) is 1.78. The minimum atomic E-state index is -0.982. The van der Waals surface area contributed by atoms with Crippen molar-refractivity contribution in [3.05, 3.63) is 35.7 Å². The number of halogens is 2. The van der Waals surface area contributed by atoms with Crippen LogP contribution in [-0.4, -0.2) is 15.9 Å². The number of benzene rings is 1. The number of rotatable bonds is 5. The lowest BCUT2D eigenvalue weighted by Gasteiger charge is -2.00. The van der Waals surface area contributed by atoms with E-state index in [-0.39, 0.29) is 29.8 Å². The molecule has 1 heterocycles. The van der Waals surface area contributed by atoms with Gasteiger partial charge in [0.15, 0.2) is 11.6 Å². The zero-order chi connectivity index (χ0) is 14.7. The van der Waals surface area contributed by atoms with Crippen LogP contribution in [0.2, 0.25) is 0 Å². The molecule has 0 saturated carbocycles. The summed E-state index contributed by atoms with van der Waals surface area (Å²) in [5.74, 6) is -1.35. The predicted molar refractivity (Wildman–Crippen MR) is 67.8 cm³/mol. The smallest absolute Gasteiger partial charge is 0.234 e. The van der Waals surface area contributed by atoms with Crippen molar-refractivity contribution in [2.75, 3.05) is 0 Å². The summed E-state index contributed by atoms with van der Waals surface area (Å²) in [4.78, 5) is 15.6. The summed E-state index contributed by atoms with van der Waals surface area (Å²) in [5, 5.41) is 3.66. The molecule has 0 unspecified atom stereocenters. The lowest BCUT2D eigenvalue weighted by atomic mass is 10.1. The molecule has 6 heteroatoms. The molecule has 0 bridgehead atoms. The van der Waals surface area contributed by atoms with Gasteiger partial charge in [-0.15, -0.1) is 0 Å². The van der Waals surface area contributed by atoms with Crippen molar-refractivity contribution in [2.24, 2.45) is 5.92 Å². The first-order chi connectivity index (χ1) is 9.45. The van der Waals surface area contributed by atoms with Gasteiger partial charge in [0.25, 0.3) is 0 Å². The normalized spacial score (nSPS) is 11.1. The summed E-state index contributed by atoms with van der Waals surface area (Å²) >= 11 is 0. The molecule has 0 aliphatic heterocycles. The van der Waals surface area contributed by atoms with Gasteiger partial charge in [-0.25, -0.2) is 8.78 Å². The predicted octanol–water partition coefficient (Wildman–Crippen LogP) is 3.17. The molecule has 106 valence electrons. The molecule has 0 saturated heterocycles. The van der Waals surface area contributed by atoms with E-state index in [4.69, 9.17) is 4.52 Å². The van der Waals surface area contributed by atoms with Crippen molar-refractivity contribution in [1.82, 2.24) is 10.1 Å².